The molecule has 0 unspecified atom stereocenters. The smallest absolute Gasteiger partial charge is 0.234 e. The van der Waals surface area contributed by atoms with Gasteiger partial charge in [0.15, 0.2) is 4.34 Å². The van der Waals surface area contributed by atoms with E-state index in [1.807, 2.05) is 12.1 Å². The second-order valence-electron chi connectivity index (χ2n) is 6.47. The Hall–Kier alpha value is -1.64. The third-order valence-corrected chi connectivity index (χ3v) is 6.28. The number of aromatic nitrogens is 2. The van der Waals surface area contributed by atoms with E-state index in [1.165, 1.54) is 54.6 Å². The van der Waals surface area contributed by atoms with Crippen molar-refractivity contribution in [3.05, 3.63) is 29.8 Å². The summed E-state index contributed by atoms with van der Waals surface area (Å²) in [7, 11) is 0. The van der Waals surface area contributed by atoms with Crippen molar-refractivity contribution in [1.82, 2.24) is 10.2 Å². The third kappa shape index (κ3) is 5.96. The van der Waals surface area contributed by atoms with Crippen LogP contribution in [0.2, 0.25) is 0 Å². The van der Waals surface area contributed by atoms with Gasteiger partial charge in [-0.3, -0.25) is 4.79 Å². The van der Waals surface area contributed by atoms with E-state index < -0.39 is 0 Å². The average Bonchev–Trinajstić information content (AvgIpc) is 3.32. The number of likely N-dealkylation sites (tertiary alicyclic amines) is 1. The van der Waals surface area contributed by atoms with Gasteiger partial charge in [0.25, 0.3) is 0 Å². The maximum Gasteiger partial charge on any atom is 0.234 e. The Kier molecular flexibility index (Phi) is 7.28. The minimum absolute atomic E-state index is 0.0221. The minimum Gasteiger partial charge on any atom is -0.360 e. The molecule has 0 atom stereocenters. The molecule has 1 aromatic heterocycles. The lowest BCUT2D eigenvalue weighted by atomic mass is 10.2. The molecule has 3 rings (SSSR count). The zero-order valence-electron chi connectivity index (χ0n) is 15.1. The van der Waals surface area contributed by atoms with Crippen LogP contribution in [0, 0.1) is 0 Å². The summed E-state index contributed by atoms with van der Waals surface area (Å²) in [6, 6.07) is 8.21. The molecule has 0 bridgehead atoms. The van der Waals surface area contributed by atoms with Crippen LogP contribution >= 0.6 is 23.1 Å². The summed E-state index contributed by atoms with van der Waals surface area (Å²) in [4.78, 5) is 13.8. The second-order valence-corrected chi connectivity index (χ2v) is 8.67. The van der Waals surface area contributed by atoms with Gasteiger partial charge in [-0.05, 0) is 18.6 Å². The van der Waals surface area contributed by atoms with Crippen LogP contribution in [0.5, 0.6) is 0 Å². The lowest BCUT2D eigenvalue weighted by molar-refractivity contribution is -0.901. The van der Waals surface area contributed by atoms with Crippen molar-refractivity contribution in [2.45, 2.75) is 37.1 Å². The number of carbonyl (C=O) groups excluding carboxylic acids is 1. The summed E-state index contributed by atoms with van der Waals surface area (Å²) in [6.45, 7) is 6.62. The van der Waals surface area contributed by atoms with Gasteiger partial charge < -0.3 is 15.5 Å². The van der Waals surface area contributed by atoms with Crippen LogP contribution in [-0.2, 0) is 11.3 Å². The number of rotatable bonds is 9. The number of amides is 1. The summed E-state index contributed by atoms with van der Waals surface area (Å²) in [6.07, 6.45) is 3.72. The Morgan fingerprint density at radius 1 is 1.23 bits per heavy atom. The number of carbonyl (C=O) groups is 1. The molecule has 2 aromatic rings. The molecule has 8 heteroatoms. The van der Waals surface area contributed by atoms with E-state index in [9.17, 15) is 4.79 Å². The zero-order chi connectivity index (χ0) is 18.2. The van der Waals surface area contributed by atoms with Gasteiger partial charge in [0, 0.05) is 30.6 Å². The summed E-state index contributed by atoms with van der Waals surface area (Å²) in [5, 5.41) is 15.1. The first-order valence-corrected chi connectivity index (χ1v) is 11.0. The standard InChI is InChI=1S/C18H25N5OS2/c1-2-9-19-17-21-22-18(26-17)25-13-16(24)20-15-7-5-14(6-8-15)12-23-10-3-4-11-23/h5-8H,2-4,9-13H2,1H3,(H,19,21)(H,20,24)/p+1. The number of hydrogen-bond donors (Lipinski definition) is 3. The molecule has 26 heavy (non-hydrogen) atoms. The molecule has 1 amide bonds. The van der Waals surface area contributed by atoms with Gasteiger partial charge in [-0.25, -0.2) is 0 Å². The molecule has 1 aromatic carbocycles. The van der Waals surface area contributed by atoms with E-state index in [-0.39, 0.29) is 5.91 Å². The van der Waals surface area contributed by atoms with Gasteiger partial charge in [-0.15, -0.1) is 10.2 Å². The highest BCUT2D eigenvalue weighted by Gasteiger charge is 2.15. The molecule has 140 valence electrons. The Labute approximate surface area is 162 Å². The number of thioether (sulfide) groups is 1. The van der Waals surface area contributed by atoms with Crippen molar-refractivity contribution in [3.8, 4) is 0 Å². The molecule has 0 saturated carbocycles. The Balaban J connectivity index is 1.41. The highest BCUT2D eigenvalue weighted by atomic mass is 32.2. The lowest BCUT2D eigenvalue weighted by Crippen LogP contribution is -3.08. The van der Waals surface area contributed by atoms with Gasteiger partial charge >= 0.3 is 0 Å². The Morgan fingerprint density at radius 3 is 2.73 bits per heavy atom. The highest BCUT2D eigenvalue weighted by molar-refractivity contribution is 8.01. The predicted octanol–water partition coefficient (Wildman–Crippen LogP) is 2.27. The highest BCUT2D eigenvalue weighted by Crippen LogP contribution is 2.25. The first-order valence-electron chi connectivity index (χ1n) is 9.15. The summed E-state index contributed by atoms with van der Waals surface area (Å²) in [5.74, 6) is 0.313. The van der Waals surface area contributed by atoms with Gasteiger partial charge in [0.05, 0.1) is 18.8 Å². The number of hydrogen-bond acceptors (Lipinski definition) is 6. The van der Waals surface area contributed by atoms with Crippen molar-refractivity contribution < 1.29 is 9.69 Å². The number of quaternary nitrogens is 1. The molecule has 0 spiro atoms. The van der Waals surface area contributed by atoms with E-state index >= 15 is 0 Å². The fourth-order valence-corrected chi connectivity index (χ4v) is 4.52. The van der Waals surface area contributed by atoms with E-state index in [2.05, 4.69) is 39.9 Å². The normalized spacial score (nSPS) is 14.5. The van der Waals surface area contributed by atoms with E-state index in [0.717, 1.165) is 34.7 Å². The van der Waals surface area contributed by atoms with Crippen LogP contribution in [0.3, 0.4) is 0 Å². The maximum absolute atomic E-state index is 12.1. The molecule has 6 nitrogen and oxygen atoms in total. The molecular weight excluding hydrogens is 366 g/mol. The van der Waals surface area contributed by atoms with Crippen LogP contribution in [0.1, 0.15) is 31.7 Å². The Bertz CT molecular complexity index is 698. The first kappa shape index (κ1) is 19.1. The van der Waals surface area contributed by atoms with Crippen LogP contribution in [-0.4, -0.2) is 41.5 Å². The second kappa shape index (κ2) is 9.89. The molecule has 1 fully saturated rings. The molecule has 0 radical (unpaired) electrons. The molecule has 1 saturated heterocycles. The topological polar surface area (TPSA) is 71.3 Å². The maximum atomic E-state index is 12.1. The van der Waals surface area contributed by atoms with Crippen molar-refractivity contribution in [2.75, 3.05) is 36.0 Å². The molecule has 3 N–H and O–H groups in total. The average molecular weight is 393 g/mol. The monoisotopic (exact) mass is 392 g/mol. The molecule has 1 aliphatic rings. The molecular formula is C18H26N5OS2+. The first-order chi connectivity index (χ1) is 12.7. The van der Waals surface area contributed by atoms with Crippen molar-refractivity contribution in [2.24, 2.45) is 0 Å². The quantitative estimate of drug-likeness (QED) is 0.571. The number of nitrogens with zero attached hydrogens (tertiary/aromatic N) is 2. The van der Waals surface area contributed by atoms with Gasteiger partial charge in [-0.1, -0.05) is 42.2 Å². The Morgan fingerprint density at radius 2 is 2.00 bits per heavy atom. The predicted molar refractivity (Wildman–Crippen MR) is 108 cm³/mol. The number of benzene rings is 1. The van der Waals surface area contributed by atoms with Crippen LogP contribution < -0.4 is 15.5 Å². The number of anilines is 2. The van der Waals surface area contributed by atoms with Gasteiger partial charge in [0.1, 0.15) is 6.54 Å². The van der Waals surface area contributed by atoms with Crippen molar-refractivity contribution in [3.63, 3.8) is 0 Å². The lowest BCUT2D eigenvalue weighted by Gasteiger charge is -2.12. The van der Waals surface area contributed by atoms with E-state index in [4.69, 9.17) is 0 Å². The third-order valence-electron chi connectivity index (χ3n) is 4.26. The minimum atomic E-state index is -0.0221. The molecule has 0 aliphatic carbocycles. The fraction of sp³-hybridized carbons (Fsp3) is 0.500. The van der Waals surface area contributed by atoms with Crippen molar-refractivity contribution >= 4 is 39.8 Å². The fourth-order valence-electron chi connectivity index (χ4n) is 2.94. The van der Waals surface area contributed by atoms with Gasteiger partial charge in [0.2, 0.25) is 11.0 Å². The summed E-state index contributed by atoms with van der Waals surface area (Å²) < 4.78 is 0.808. The SMILES string of the molecule is CCCNc1nnc(SCC(=O)Nc2ccc(C[NH+]3CCCC3)cc2)s1. The van der Waals surface area contributed by atoms with Crippen molar-refractivity contribution in [1.29, 1.82) is 0 Å². The largest absolute Gasteiger partial charge is 0.360 e. The van der Waals surface area contributed by atoms with Gasteiger partial charge in [-0.2, -0.15) is 0 Å². The van der Waals surface area contributed by atoms with Crippen LogP contribution in [0.25, 0.3) is 0 Å². The van der Waals surface area contributed by atoms with E-state index in [1.54, 1.807) is 4.90 Å². The molecule has 1 aliphatic heterocycles. The zero-order valence-corrected chi connectivity index (χ0v) is 16.7. The summed E-state index contributed by atoms with van der Waals surface area (Å²) in [5.41, 5.74) is 2.17. The van der Waals surface area contributed by atoms with Crippen LogP contribution in [0.15, 0.2) is 28.6 Å². The van der Waals surface area contributed by atoms with Crippen LogP contribution in [0.4, 0.5) is 10.8 Å². The van der Waals surface area contributed by atoms with E-state index in [0.29, 0.717) is 5.75 Å². The number of nitrogens with one attached hydrogen (secondary N) is 3. The summed E-state index contributed by atoms with van der Waals surface area (Å²) >= 11 is 2.90. The molecule has 2 heterocycles.